The number of aliphatic hydroxyl groups excluding tert-OH is 1. The van der Waals surface area contributed by atoms with Crippen molar-refractivity contribution in [3.05, 3.63) is 48.0 Å². The minimum atomic E-state index is 0.0688. The summed E-state index contributed by atoms with van der Waals surface area (Å²) in [4.78, 5) is 11.7. The summed E-state index contributed by atoms with van der Waals surface area (Å²) in [6.07, 6.45) is 0.945. The summed E-state index contributed by atoms with van der Waals surface area (Å²) in [5.41, 5.74) is 0.729. The van der Waals surface area contributed by atoms with Crippen molar-refractivity contribution in [2.24, 2.45) is 0 Å². The molecule has 2 rings (SSSR count). The van der Waals surface area contributed by atoms with Gasteiger partial charge >= 0.3 is 0 Å². The largest absolute Gasteiger partial charge is 0.396 e. The van der Waals surface area contributed by atoms with Gasteiger partial charge in [-0.05, 0) is 23.3 Å². The van der Waals surface area contributed by atoms with Crippen LogP contribution >= 0.6 is 0 Å². The molecular formula is C14H14O2. The minimum Gasteiger partial charge on any atom is -0.396 e. The Hall–Kier alpha value is -1.67. The number of benzene rings is 2. The molecule has 82 valence electrons. The number of carbonyl (C=O) groups excluding carboxylic acids is 1. The van der Waals surface area contributed by atoms with Gasteiger partial charge in [0.05, 0.1) is 0 Å². The van der Waals surface area contributed by atoms with Crippen LogP contribution in [0.1, 0.15) is 23.2 Å². The zero-order valence-corrected chi connectivity index (χ0v) is 9.02. The molecule has 0 spiro atoms. The Bertz CT molecular complexity index is 503. The van der Waals surface area contributed by atoms with Gasteiger partial charge in [0.2, 0.25) is 0 Å². The van der Waals surface area contributed by atoms with Gasteiger partial charge in [0, 0.05) is 18.6 Å². The van der Waals surface area contributed by atoms with Crippen LogP contribution in [-0.4, -0.2) is 17.5 Å². The molecule has 0 aliphatic carbocycles. The summed E-state index contributed by atoms with van der Waals surface area (Å²) in [5, 5.41) is 10.9. The van der Waals surface area contributed by atoms with Crippen LogP contribution in [0.3, 0.4) is 0 Å². The van der Waals surface area contributed by atoms with Crippen LogP contribution in [0.15, 0.2) is 42.5 Å². The second-order valence-corrected chi connectivity index (χ2v) is 3.81. The van der Waals surface area contributed by atoms with Crippen LogP contribution in [0.4, 0.5) is 0 Å². The Kier molecular flexibility index (Phi) is 3.32. The fourth-order valence-corrected chi connectivity index (χ4v) is 1.75. The summed E-state index contributed by atoms with van der Waals surface area (Å²) >= 11 is 0. The van der Waals surface area contributed by atoms with E-state index in [9.17, 15) is 4.79 Å². The second kappa shape index (κ2) is 4.90. The first kappa shape index (κ1) is 10.8. The first-order valence-corrected chi connectivity index (χ1v) is 5.44. The van der Waals surface area contributed by atoms with E-state index in [1.54, 1.807) is 0 Å². The van der Waals surface area contributed by atoms with E-state index in [-0.39, 0.29) is 12.4 Å². The third-order valence-corrected chi connectivity index (χ3v) is 2.63. The maximum absolute atomic E-state index is 11.7. The molecule has 0 aromatic heterocycles. The number of rotatable bonds is 4. The van der Waals surface area contributed by atoms with Crippen LogP contribution < -0.4 is 0 Å². The molecule has 16 heavy (non-hydrogen) atoms. The zero-order chi connectivity index (χ0) is 11.4. The van der Waals surface area contributed by atoms with Crippen molar-refractivity contribution in [3.8, 4) is 0 Å². The number of aliphatic hydroxyl groups is 1. The van der Waals surface area contributed by atoms with Gasteiger partial charge in [0.25, 0.3) is 0 Å². The van der Waals surface area contributed by atoms with Gasteiger partial charge in [-0.25, -0.2) is 0 Å². The third kappa shape index (κ3) is 2.28. The van der Waals surface area contributed by atoms with Crippen molar-refractivity contribution < 1.29 is 9.90 Å². The Balaban J connectivity index is 2.28. The Morgan fingerprint density at radius 3 is 2.56 bits per heavy atom. The van der Waals surface area contributed by atoms with Crippen molar-refractivity contribution in [2.75, 3.05) is 6.61 Å². The molecule has 2 aromatic carbocycles. The predicted octanol–water partition coefficient (Wildman–Crippen LogP) is 2.80. The Morgan fingerprint density at radius 2 is 1.81 bits per heavy atom. The molecule has 2 heteroatoms. The number of ketones is 1. The Labute approximate surface area is 94.5 Å². The minimum absolute atomic E-state index is 0.0688. The van der Waals surface area contributed by atoms with Gasteiger partial charge < -0.3 is 5.11 Å². The lowest BCUT2D eigenvalue weighted by atomic mass is 10.0. The average Bonchev–Trinajstić information content (AvgIpc) is 2.35. The molecule has 0 atom stereocenters. The number of Topliss-reactive ketones (excluding diaryl/α,β-unsaturated/α-hetero) is 1. The van der Waals surface area contributed by atoms with E-state index < -0.39 is 0 Å². The molecule has 1 N–H and O–H groups in total. The van der Waals surface area contributed by atoms with Gasteiger partial charge in [-0.2, -0.15) is 0 Å². The lowest BCUT2D eigenvalue weighted by Gasteiger charge is -2.02. The van der Waals surface area contributed by atoms with Crippen LogP contribution in [-0.2, 0) is 0 Å². The van der Waals surface area contributed by atoms with Gasteiger partial charge in [0.1, 0.15) is 0 Å². The standard InChI is InChI=1S/C14H14O2/c15-9-3-6-14(16)13-8-7-11-4-1-2-5-12(11)10-13/h1-2,4-5,7-8,10,15H,3,6,9H2. The summed E-state index contributed by atoms with van der Waals surface area (Å²) in [7, 11) is 0. The molecular weight excluding hydrogens is 200 g/mol. The summed E-state index contributed by atoms with van der Waals surface area (Å²) in [6, 6.07) is 13.7. The molecule has 2 aromatic rings. The summed E-state index contributed by atoms with van der Waals surface area (Å²) < 4.78 is 0. The molecule has 0 aliphatic heterocycles. The fraction of sp³-hybridized carbons (Fsp3) is 0.214. The van der Waals surface area contributed by atoms with Crippen LogP contribution in [0, 0.1) is 0 Å². The molecule has 0 bridgehead atoms. The van der Waals surface area contributed by atoms with E-state index in [1.165, 1.54) is 0 Å². The topological polar surface area (TPSA) is 37.3 Å². The Morgan fingerprint density at radius 1 is 1.06 bits per heavy atom. The molecule has 0 fully saturated rings. The van der Waals surface area contributed by atoms with Gasteiger partial charge in [-0.1, -0.05) is 36.4 Å². The number of carbonyl (C=O) groups is 1. The van der Waals surface area contributed by atoms with Crippen molar-refractivity contribution in [1.29, 1.82) is 0 Å². The van der Waals surface area contributed by atoms with E-state index in [0.29, 0.717) is 12.8 Å². The average molecular weight is 214 g/mol. The SMILES string of the molecule is O=C(CCCO)c1ccc2ccccc2c1. The van der Waals surface area contributed by atoms with E-state index in [1.807, 2.05) is 42.5 Å². The molecule has 0 saturated heterocycles. The first-order valence-electron chi connectivity index (χ1n) is 5.44. The molecule has 0 unspecified atom stereocenters. The first-order chi connectivity index (χ1) is 7.81. The van der Waals surface area contributed by atoms with Crippen molar-refractivity contribution >= 4 is 16.6 Å². The molecule has 0 heterocycles. The highest BCUT2D eigenvalue weighted by Gasteiger charge is 2.05. The van der Waals surface area contributed by atoms with E-state index in [4.69, 9.17) is 5.11 Å². The van der Waals surface area contributed by atoms with Gasteiger partial charge in [0.15, 0.2) is 5.78 Å². The number of fused-ring (bicyclic) bond motifs is 1. The smallest absolute Gasteiger partial charge is 0.162 e. The third-order valence-electron chi connectivity index (χ3n) is 2.63. The van der Waals surface area contributed by atoms with Crippen LogP contribution in [0.2, 0.25) is 0 Å². The number of hydrogen-bond donors (Lipinski definition) is 1. The monoisotopic (exact) mass is 214 g/mol. The second-order valence-electron chi connectivity index (χ2n) is 3.81. The summed E-state index contributed by atoms with van der Waals surface area (Å²) in [6.45, 7) is 0.0688. The van der Waals surface area contributed by atoms with Gasteiger partial charge in [-0.3, -0.25) is 4.79 Å². The maximum atomic E-state index is 11.7. The van der Waals surface area contributed by atoms with Crippen LogP contribution in [0.25, 0.3) is 10.8 Å². The van der Waals surface area contributed by atoms with Crippen molar-refractivity contribution in [1.82, 2.24) is 0 Å². The molecule has 0 amide bonds. The van der Waals surface area contributed by atoms with Crippen molar-refractivity contribution in [2.45, 2.75) is 12.8 Å². The predicted molar refractivity (Wildman–Crippen MR) is 64.6 cm³/mol. The highest BCUT2D eigenvalue weighted by atomic mass is 16.3. The molecule has 0 aliphatic rings. The van der Waals surface area contributed by atoms with E-state index in [0.717, 1.165) is 16.3 Å². The fourth-order valence-electron chi connectivity index (χ4n) is 1.75. The highest BCUT2D eigenvalue weighted by Crippen LogP contribution is 2.16. The van der Waals surface area contributed by atoms with Crippen LogP contribution in [0.5, 0.6) is 0 Å². The maximum Gasteiger partial charge on any atom is 0.162 e. The molecule has 0 radical (unpaired) electrons. The lowest BCUT2D eigenvalue weighted by molar-refractivity contribution is 0.0971. The van der Waals surface area contributed by atoms with Crippen molar-refractivity contribution in [3.63, 3.8) is 0 Å². The van der Waals surface area contributed by atoms with Gasteiger partial charge in [-0.15, -0.1) is 0 Å². The zero-order valence-electron chi connectivity index (χ0n) is 9.02. The molecule has 2 nitrogen and oxygen atoms in total. The number of hydrogen-bond acceptors (Lipinski definition) is 2. The van der Waals surface area contributed by atoms with E-state index >= 15 is 0 Å². The lowest BCUT2D eigenvalue weighted by Crippen LogP contribution is -2.00. The molecule has 0 saturated carbocycles. The summed E-state index contributed by atoms with van der Waals surface area (Å²) in [5.74, 6) is 0.0970. The van der Waals surface area contributed by atoms with E-state index in [2.05, 4.69) is 0 Å². The quantitative estimate of drug-likeness (QED) is 0.794. The highest BCUT2D eigenvalue weighted by molar-refractivity contribution is 5.99. The normalized spacial score (nSPS) is 10.6.